The van der Waals surface area contributed by atoms with Crippen molar-refractivity contribution in [3.63, 3.8) is 0 Å². The van der Waals surface area contributed by atoms with Crippen LogP contribution in [0.1, 0.15) is 23.6 Å². The van der Waals surface area contributed by atoms with Crippen molar-refractivity contribution in [3.8, 4) is 0 Å². The fourth-order valence-corrected chi connectivity index (χ4v) is 3.60. The first-order chi connectivity index (χ1) is 14.7. The number of alkyl halides is 3. The Morgan fingerprint density at radius 2 is 1.97 bits per heavy atom. The van der Waals surface area contributed by atoms with E-state index in [4.69, 9.17) is 11.6 Å². The molecule has 0 aromatic heterocycles. The fraction of sp³-hybridized carbons (Fsp3) is 0.250. The lowest BCUT2D eigenvalue weighted by atomic mass is 10.0. The van der Waals surface area contributed by atoms with Crippen LogP contribution in [0.4, 0.5) is 18.9 Å². The number of amides is 2. The van der Waals surface area contributed by atoms with Gasteiger partial charge in [0, 0.05) is 10.7 Å². The van der Waals surface area contributed by atoms with Crippen molar-refractivity contribution < 1.29 is 22.8 Å². The van der Waals surface area contributed by atoms with E-state index < -0.39 is 30.2 Å². The quantitative estimate of drug-likeness (QED) is 0.747. The minimum absolute atomic E-state index is 0.0137. The SMILES string of the molecule is O=C(CN1N=CN2NC(c3ccc(Cl)cc3)CC2C1=O)Nc1cccc(C(F)(F)F)c1. The zero-order chi connectivity index (χ0) is 22.2. The lowest BCUT2D eigenvalue weighted by Gasteiger charge is -2.29. The molecule has 4 rings (SSSR count). The number of hydrogen-bond acceptors (Lipinski definition) is 5. The van der Waals surface area contributed by atoms with Crippen molar-refractivity contribution in [2.24, 2.45) is 5.10 Å². The lowest BCUT2D eigenvalue weighted by Crippen LogP contribution is -2.52. The Bertz CT molecular complexity index is 1030. The van der Waals surface area contributed by atoms with Crippen LogP contribution >= 0.6 is 11.6 Å². The summed E-state index contributed by atoms with van der Waals surface area (Å²) in [6.07, 6.45) is -2.65. The number of carbonyl (C=O) groups is 2. The molecule has 11 heteroatoms. The van der Waals surface area contributed by atoms with Gasteiger partial charge in [-0.25, -0.2) is 10.4 Å². The molecule has 0 radical (unpaired) electrons. The minimum atomic E-state index is -4.52. The van der Waals surface area contributed by atoms with Gasteiger partial charge in [-0.05, 0) is 42.3 Å². The highest BCUT2D eigenvalue weighted by Crippen LogP contribution is 2.31. The van der Waals surface area contributed by atoms with Crippen LogP contribution in [0, 0.1) is 0 Å². The number of anilines is 1. The van der Waals surface area contributed by atoms with Gasteiger partial charge in [0.1, 0.15) is 18.9 Å². The van der Waals surface area contributed by atoms with E-state index in [1.165, 1.54) is 18.5 Å². The summed E-state index contributed by atoms with van der Waals surface area (Å²) in [7, 11) is 0. The van der Waals surface area contributed by atoms with Crippen molar-refractivity contribution in [1.29, 1.82) is 0 Å². The third kappa shape index (κ3) is 4.64. The van der Waals surface area contributed by atoms with Gasteiger partial charge >= 0.3 is 6.18 Å². The van der Waals surface area contributed by atoms with Crippen LogP contribution < -0.4 is 10.7 Å². The number of benzene rings is 2. The van der Waals surface area contributed by atoms with E-state index in [9.17, 15) is 22.8 Å². The highest BCUT2D eigenvalue weighted by Gasteiger charge is 2.41. The summed E-state index contributed by atoms with van der Waals surface area (Å²) in [5, 5.41) is 9.57. The molecule has 162 valence electrons. The van der Waals surface area contributed by atoms with Crippen LogP contribution in [0.15, 0.2) is 53.6 Å². The van der Waals surface area contributed by atoms with Gasteiger partial charge in [-0.3, -0.25) is 14.6 Å². The molecule has 2 aromatic carbocycles. The molecule has 2 N–H and O–H groups in total. The van der Waals surface area contributed by atoms with E-state index in [1.807, 2.05) is 12.1 Å². The number of carbonyl (C=O) groups excluding carboxylic acids is 2. The molecule has 1 fully saturated rings. The number of halogens is 4. The average Bonchev–Trinajstić information content (AvgIpc) is 3.15. The Balaban J connectivity index is 1.39. The number of rotatable bonds is 4. The molecular weight excluding hydrogens is 435 g/mol. The number of nitrogens with one attached hydrogen (secondary N) is 2. The van der Waals surface area contributed by atoms with Crippen LogP contribution in [0.25, 0.3) is 0 Å². The number of nitrogens with zero attached hydrogens (tertiary/aromatic N) is 3. The van der Waals surface area contributed by atoms with Crippen LogP contribution in [0.2, 0.25) is 5.02 Å². The average molecular weight is 452 g/mol. The summed E-state index contributed by atoms with van der Waals surface area (Å²) in [5.41, 5.74) is 3.24. The number of hydrazone groups is 1. The highest BCUT2D eigenvalue weighted by atomic mass is 35.5. The summed E-state index contributed by atoms with van der Waals surface area (Å²) >= 11 is 5.91. The first-order valence-corrected chi connectivity index (χ1v) is 9.71. The third-order valence-corrected chi connectivity index (χ3v) is 5.25. The molecule has 7 nitrogen and oxygen atoms in total. The number of hydrogen-bond donors (Lipinski definition) is 2. The van der Waals surface area contributed by atoms with Gasteiger partial charge in [-0.2, -0.15) is 18.3 Å². The van der Waals surface area contributed by atoms with Crippen molar-refractivity contribution in [2.45, 2.75) is 24.7 Å². The van der Waals surface area contributed by atoms with Gasteiger partial charge in [0.15, 0.2) is 0 Å². The van der Waals surface area contributed by atoms with Gasteiger partial charge in [-0.1, -0.05) is 29.8 Å². The second-order valence-corrected chi connectivity index (χ2v) is 7.58. The zero-order valence-corrected chi connectivity index (χ0v) is 16.7. The number of fused-ring (bicyclic) bond motifs is 1. The molecule has 2 aliphatic heterocycles. The topological polar surface area (TPSA) is 77.0 Å². The molecule has 1 saturated heterocycles. The molecule has 0 aliphatic carbocycles. The van der Waals surface area contributed by atoms with E-state index in [1.54, 1.807) is 17.1 Å². The van der Waals surface area contributed by atoms with Crippen LogP contribution in [-0.4, -0.2) is 40.8 Å². The maximum Gasteiger partial charge on any atom is 0.416 e. The second-order valence-electron chi connectivity index (χ2n) is 7.15. The lowest BCUT2D eigenvalue weighted by molar-refractivity contribution is -0.139. The van der Waals surface area contributed by atoms with E-state index in [-0.39, 0.29) is 17.6 Å². The molecule has 2 aliphatic rings. The molecule has 2 unspecified atom stereocenters. The van der Waals surface area contributed by atoms with Gasteiger partial charge in [0.25, 0.3) is 5.91 Å². The van der Waals surface area contributed by atoms with Crippen molar-refractivity contribution in [2.75, 3.05) is 11.9 Å². The van der Waals surface area contributed by atoms with Gasteiger partial charge in [0.2, 0.25) is 5.91 Å². The summed E-state index contributed by atoms with van der Waals surface area (Å²) in [4.78, 5) is 25.1. The Labute approximate surface area is 180 Å². The van der Waals surface area contributed by atoms with Crippen molar-refractivity contribution in [3.05, 3.63) is 64.7 Å². The number of hydrazine groups is 1. The van der Waals surface area contributed by atoms with E-state index in [0.717, 1.165) is 22.7 Å². The molecule has 2 atom stereocenters. The van der Waals surface area contributed by atoms with Gasteiger partial charge in [0.05, 0.1) is 11.6 Å². The molecule has 2 heterocycles. The first-order valence-electron chi connectivity index (χ1n) is 9.33. The van der Waals surface area contributed by atoms with E-state index in [2.05, 4.69) is 15.8 Å². The first kappa shape index (κ1) is 21.1. The smallest absolute Gasteiger partial charge is 0.324 e. The van der Waals surface area contributed by atoms with Crippen LogP contribution in [0.5, 0.6) is 0 Å². The molecule has 2 aromatic rings. The summed E-state index contributed by atoms with van der Waals surface area (Å²) < 4.78 is 38.5. The Morgan fingerprint density at radius 1 is 1.23 bits per heavy atom. The summed E-state index contributed by atoms with van der Waals surface area (Å²) in [6.45, 7) is -0.415. The maximum absolute atomic E-state index is 12.8. The van der Waals surface area contributed by atoms with Crippen LogP contribution in [-0.2, 0) is 15.8 Å². The molecule has 0 spiro atoms. The minimum Gasteiger partial charge on any atom is -0.324 e. The largest absolute Gasteiger partial charge is 0.416 e. The molecule has 31 heavy (non-hydrogen) atoms. The van der Waals surface area contributed by atoms with E-state index in [0.29, 0.717) is 11.4 Å². The Morgan fingerprint density at radius 3 is 2.68 bits per heavy atom. The summed E-state index contributed by atoms with van der Waals surface area (Å²) in [6, 6.07) is 10.8. The molecule has 0 bridgehead atoms. The Hall–Kier alpha value is -3.11. The standard InChI is InChI=1S/C20H17ClF3N5O2/c21-14-6-4-12(5-7-14)16-9-17-19(31)28(25-11-29(17)27-16)10-18(30)26-15-3-1-2-13(8-15)20(22,23)24/h1-8,11,16-17,27H,9-10H2,(H,26,30). The predicted octanol–water partition coefficient (Wildman–Crippen LogP) is 3.40. The Kier molecular flexibility index (Phi) is 5.59. The normalized spacial score (nSPS) is 20.7. The molecule has 2 amide bonds. The third-order valence-electron chi connectivity index (χ3n) is 4.99. The molecule has 0 saturated carbocycles. The second kappa shape index (κ2) is 8.20. The van der Waals surface area contributed by atoms with Crippen molar-refractivity contribution >= 4 is 35.4 Å². The summed E-state index contributed by atoms with van der Waals surface area (Å²) in [5.74, 6) is -1.04. The highest BCUT2D eigenvalue weighted by molar-refractivity contribution is 6.30. The predicted molar refractivity (Wildman–Crippen MR) is 108 cm³/mol. The van der Waals surface area contributed by atoms with Crippen molar-refractivity contribution in [1.82, 2.24) is 15.4 Å². The maximum atomic E-state index is 12.8. The van der Waals surface area contributed by atoms with Gasteiger partial charge in [-0.15, -0.1) is 0 Å². The van der Waals surface area contributed by atoms with Crippen LogP contribution in [0.3, 0.4) is 0 Å². The van der Waals surface area contributed by atoms with Gasteiger partial charge < -0.3 is 5.32 Å². The fourth-order valence-electron chi connectivity index (χ4n) is 3.47. The molecular formula is C20H17ClF3N5O2. The zero-order valence-electron chi connectivity index (χ0n) is 15.9. The van der Waals surface area contributed by atoms with E-state index >= 15 is 0 Å². The monoisotopic (exact) mass is 451 g/mol.